The summed E-state index contributed by atoms with van der Waals surface area (Å²) in [5.74, 6) is 0. The second-order valence-corrected chi connectivity index (χ2v) is 3.36. The second-order valence-electron chi connectivity index (χ2n) is 2.95. The summed E-state index contributed by atoms with van der Waals surface area (Å²) >= 11 is 5.59. The van der Waals surface area contributed by atoms with Crippen LogP contribution in [0.25, 0.3) is 0 Å². The fourth-order valence-electron chi connectivity index (χ4n) is 1.24. The highest BCUT2D eigenvalue weighted by Gasteiger charge is 2.35. The zero-order valence-electron chi connectivity index (χ0n) is 7.55. The molecule has 0 heterocycles. The predicted molar refractivity (Wildman–Crippen MR) is 50.5 cm³/mol. The Balaban J connectivity index is 3.33. The minimum absolute atomic E-state index is 0.136. The number of alkyl halides is 3. The number of hydrogen-bond donors (Lipinski definition) is 2. The molecule has 0 aliphatic heterocycles. The maximum Gasteiger partial charge on any atom is 0.416 e. The van der Waals surface area contributed by atoms with Crippen LogP contribution in [-0.4, -0.2) is 11.7 Å². The van der Waals surface area contributed by atoms with Gasteiger partial charge in [0.05, 0.1) is 11.7 Å². The number of aliphatic hydroxyl groups is 1. The molecule has 0 fully saturated rings. The lowest BCUT2D eigenvalue weighted by atomic mass is 10.0. The fraction of sp³-hybridized carbons (Fsp3) is 0.333. The first-order chi connectivity index (χ1) is 6.88. The Morgan fingerprint density at radius 1 is 1.40 bits per heavy atom. The molecule has 1 aromatic carbocycles. The van der Waals surface area contributed by atoms with E-state index >= 15 is 0 Å². The van der Waals surface area contributed by atoms with Gasteiger partial charge in [0.15, 0.2) is 0 Å². The Kier molecular flexibility index (Phi) is 3.59. The molecule has 0 saturated heterocycles. The molecule has 84 valence electrons. The normalized spacial score (nSPS) is 14.0. The fourth-order valence-corrected chi connectivity index (χ4v) is 1.54. The van der Waals surface area contributed by atoms with Gasteiger partial charge in [-0.15, -0.1) is 0 Å². The van der Waals surface area contributed by atoms with Gasteiger partial charge in [-0.25, -0.2) is 0 Å². The van der Waals surface area contributed by atoms with E-state index in [4.69, 9.17) is 17.3 Å². The molecule has 1 aromatic rings. The van der Waals surface area contributed by atoms with Crippen molar-refractivity contribution < 1.29 is 18.3 Å². The van der Waals surface area contributed by atoms with E-state index in [-0.39, 0.29) is 17.1 Å². The van der Waals surface area contributed by atoms with E-state index in [1.54, 1.807) is 0 Å². The summed E-state index contributed by atoms with van der Waals surface area (Å²) in [6.07, 6.45) is -5.95. The minimum Gasteiger partial charge on any atom is -0.387 e. The molecule has 0 bridgehead atoms. The van der Waals surface area contributed by atoms with Gasteiger partial charge >= 0.3 is 6.18 Å². The molecule has 0 aliphatic rings. The summed E-state index contributed by atoms with van der Waals surface area (Å²) < 4.78 is 37.5. The van der Waals surface area contributed by atoms with Crippen molar-refractivity contribution in [1.82, 2.24) is 0 Å². The Bertz CT molecular complexity index is 354. The van der Waals surface area contributed by atoms with Crippen LogP contribution in [0, 0.1) is 0 Å². The number of benzene rings is 1. The lowest BCUT2D eigenvalue weighted by Crippen LogP contribution is -2.18. The number of halogens is 4. The molecular weight excluding hydrogens is 231 g/mol. The van der Waals surface area contributed by atoms with E-state index < -0.39 is 17.8 Å². The molecule has 0 unspecified atom stereocenters. The van der Waals surface area contributed by atoms with Crippen LogP contribution in [0.5, 0.6) is 0 Å². The van der Waals surface area contributed by atoms with Crippen LogP contribution in [-0.2, 0) is 6.18 Å². The van der Waals surface area contributed by atoms with Gasteiger partial charge in [-0.3, -0.25) is 0 Å². The maximum atomic E-state index is 12.5. The Morgan fingerprint density at radius 3 is 2.47 bits per heavy atom. The van der Waals surface area contributed by atoms with Crippen molar-refractivity contribution in [2.24, 2.45) is 5.73 Å². The van der Waals surface area contributed by atoms with Crippen LogP contribution < -0.4 is 5.73 Å². The number of hydrogen-bond acceptors (Lipinski definition) is 2. The van der Waals surface area contributed by atoms with Gasteiger partial charge < -0.3 is 10.8 Å². The van der Waals surface area contributed by atoms with Crippen LogP contribution in [0.2, 0.25) is 5.02 Å². The molecule has 15 heavy (non-hydrogen) atoms. The van der Waals surface area contributed by atoms with Crippen LogP contribution in [0.4, 0.5) is 13.2 Å². The van der Waals surface area contributed by atoms with E-state index in [1.165, 1.54) is 12.1 Å². The van der Waals surface area contributed by atoms with Crippen molar-refractivity contribution in [1.29, 1.82) is 0 Å². The smallest absolute Gasteiger partial charge is 0.387 e. The third kappa shape index (κ3) is 2.62. The van der Waals surface area contributed by atoms with Crippen LogP contribution in [0.15, 0.2) is 18.2 Å². The SMILES string of the molecule is NC[C@@H](O)c1c(Cl)cccc1C(F)(F)F. The lowest BCUT2D eigenvalue weighted by Gasteiger charge is -2.17. The van der Waals surface area contributed by atoms with Crippen LogP contribution in [0.3, 0.4) is 0 Å². The highest BCUT2D eigenvalue weighted by Crippen LogP contribution is 2.37. The van der Waals surface area contributed by atoms with E-state index in [0.29, 0.717) is 0 Å². The van der Waals surface area contributed by atoms with Crippen molar-refractivity contribution >= 4 is 11.6 Å². The highest BCUT2D eigenvalue weighted by molar-refractivity contribution is 6.31. The topological polar surface area (TPSA) is 46.2 Å². The number of rotatable bonds is 2. The van der Waals surface area contributed by atoms with Crippen LogP contribution >= 0.6 is 11.6 Å². The molecule has 0 aromatic heterocycles. The summed E-state index contributed by atoms with van der Waals surface area (Å²) in [6, 6.07) is 3.32. The molecule has 0 radical (unpaired) electrons. The van der Waals surface area contributed by atoms with E-state index in [0.717, 1.165) is 6.07 Å². The Hall–Kier alpha value is -0.780. The summed E-state index contributed by atoms with van der Waals surface area (Å²) in [5, 5.41) is 9.21. The molecule has 1 atom stereocenters. The van der Waals surface area contributed by atoms with Crippen molar-refractivity contribution in [3.8, 4) is 0 Å². The summed E-state index contributed by atoms with van der Waals surface area (Å²) in [4.78, 5) is 0. The summed E-state index contributed by atoms with van der Waals surface area (Å²) in [5.41, 5.74) is 3.79. The number of nitrogens with two attached hydrogens (primary N) is 1. The van der Waals surface area contributed by atoms with Crippen molar-refractivity contribution in [2.75, 3.05) is 6.54 Å². The van der Waals surface area contributed by atoms with Crippen molar-refractivity contribution in [3.05, 3.63) is 34.3 Å². The second kappa shape index (κ2) is 4.38. The van der Waals surface area contributed by atoms with Gasteiger partial charge in [0.2, 0.25) is 0 Å². The molecule has 3 N–H and O–H groups in total. The molecule has 2 nitrogen and oxygen atoms in total. The Morgan fingerprint density at radius 2 is 2.00 bits per heavy atom. The van der Waals surface area contributed by atoms with Gasteiger partial charge in [-0.05, 0) is 12.1 Å². The van der Waals surface area contributed by atoms with Crippen LogP contribution in [0.1, 0.15) is 17.2 Å². The average molecular weight is 240 g/mol. The zero-order chi connectivity index (χ0) is 11.6. The molecule has 0 aliphatic carbocycles. The first kappa shape index (κ1) is 12.3. The monoisotopic (exact) mass is 239 g/mol. The quantitative estimate of drug-likeness (QED) is 0.832. The minimum atomic E-state index is -4.55. The van der Waals surface area contributed by atoms with Gasteiger partial charge in [0, 0.05) is 17.1 Å². The average Bonchev–Trinajstić information content (AvgIpc) is 2.15. The predicted octanol–water partition coefficient (Wildman–Crippen LogP) is 2.35. The molecule has 6 heteroatoms. The highest BCUT2D eigenvalue weighted by atomic mass is 35.5. The molecule has 1 rings (SSSR count). The van der Waals surface area contributed by atoms with Gasteiger partial charge in [-0.1, -0.05) is 17.7 Å². The summed E-state index contributed by atoms with van der Waals surface area (Å²) in [6.45, 7) is -0.313. The third-order valence-corrected chi connectivity index (χ3v) is 2.24. The lowest BCUT2D eigenvalue weighted by molar-refractivity contribution is -0.139. The Labute approximate surface area is 89.5 Å². The molecular formula is C9H9ClF3NO. The van der Waals surface area contributed by atoms with E-state index in [9.17, 15) is 18.3 Å². The molecule has 0 spiro atoms. The van der Waals surface area contributed by atoms with E-state index in [2.05, 4.69) is 0 Å². The van der Waals surface area contributed by atoms with Gasteiger partial charge in [-0.2, -0.15) is 13.2 Å². The molecule has 0 saturated carbocycles. The maximum absolute atomic E-state index is 12.5. The first-order valence-electron chi connectivity index (χ1n) is 4.11. The van der Waals surface area contributed by atoms with Gasteiger partial charge in [0.25, 0.3) is 0 Å². The first-order valence-corrected chi connectivity index (χ1v) is 4.49. The molecule has 0 amide bonds. The standard InChI is InChI=1S/C9H9ClF3NO/c10-6-3-1-2-5(9(11,12)13)8(6)7(15)4-14/h1-3,7,15H,4,14H2/t7-/m1/s1. The zero-order valence-corrected chi connectivity index (χ0v) is 8.31. The van der Waals surface area contributed by atoms with Crippen molar-refractivity contribution in [2.45, 2.75) is 12.3 Å². The third-order valence-electron chi connectivity index (χ3n) is 1.91. The number of aliphatic hydroxyl groups excluding tert-OH is 1. The largest absolute Gasteiger partial charge is 0.416 e. The van der Waals surface area contributed by atoms with Gasteiger partial charge in [0.1, 0.15) is 0 Å². The van der Waals surface area contributed by atoms with Crippen molar-refractivity contribution in [3.63, 3.8) is 0 Å². The van der Waals surface area contributed by atoms with E-state index in [1.807, 2.05) is 0 Å². The summed E-state index contributed by atoms with van der Waals surface area (Å²) in [7, 11) is 0.